The largest absolute Gasteiger partial charge is 0.480 e. The average Bonchev–Trinajstić information content (AvgIpc) is 2.95. The zero-order valence-electron chi connectivity index (χ0n) is 22.2. The maximum absolute atomic E-state index is 13.4. The van der Waals surface area contributed by atoms with E-state index >= 15 is 0 Å². The first-order valence-electron chi connectivity index (χ1n) is 12.3. The Labute approximate surface area is 249 Å². The van der Waals surface area contributed by atoms with Gasteiger partial charge in [-0.25, -0.2) is 19.6 Å². The van der Waals surface area contributed by atoms with Crippen molar-refractivity contribution in [1.29, 1.82) is 0 Å². The zero-order chi connectivity index (χ0) is 32.8. The second-order valence-corrected chi connectivity index (χ2v) is 9.33. The fourth-order valence-corrected chi connectivity index (χ4v) is 3.91. The molecule has 16 nitrogen and oxygen atoms in total. The summed E-state index contributed by atoms with van der Waals surface area (Å²) in [5, 5.41) is 22.7. The molecule has 2 atom stereocenters. The lowest BCUT2D eigenvalue weighted by atomic mass is 10.1. The monoisotopic (exact) mass is 640 g/mol. The van der Waals surface area contributed by atoms with Crippen molar-refractivity contribution in [3.8, 4) is 0 Å². The molecular weight excluding hydrogens is 617 g/mol. The quantitative estimate of drug-likeness (QED) is 0.128. The number of nitrogen functional groups attached to an aromatic ring is 1. The number of aromatic amines is 1. The number of hydrogen-bond donors (Lipinski definition) is 7. The van der Waals surface area contributed by atoms with Gasteiger partial charge in [0.15, 0.2) is 11.2 Å². The van der Waals surface area contributed by atoms with Crippen LogP contribution in [0.2, 0.25) is 0 Å². The number of carbonyl (C=O) groups is 5. The minimum atomic E-state index is -5.33. The predicted octanol–water partition coefficient (Wildman–Crippen LogP) is -0.147. The molecular formula is C24H23F3N8O8S. The molecule has 2 unspecified atom stereocenters. The molecule has 0 spiro atoms. The summed E-state index contributed by atoms with van der Waals surface area (Å²) in [7, 11) is 0. The van der Waals surface area contributed by atoms with E-state index in [0.717, 1.165) is 30.5 Å². The summed E-state index contributed by atoms with van der Waals surface area (Å²) in [5.41, 5.74) is 3.35. The molecule has 0 bridgehead atoms. The lowest BCUT2D eigenvalue weighted by Crippen LogP contribution is -2.44. The van der Waals surface area contributed by atoms with Gasteiger partial charge in [-0.05, 0) is 30.7 Å². The Kier molecular flexibility index (Phi) is 10.4. The van der Waals surface area contributed by atoms with E-state index < -0.39 is 72.9 Å². The van der Waals surface area contributed by atoms with Crippen LogP contribution in [0.3, 0.4) is 0 Å². The van der Waals surface area contributed by atoms with Gasteiger partial charge in [-0.15, -0.1) is 0 Å². The molecule has 3 aromatic rings. The molecule has 3 rings (SSSR count). The predicted molar refractivity (Wildman–Crippen MR) is 148 cm³/mol. The lowest BCUT2D eigenvalue weighted by Gasteiger charge is -2.24. The van der Waals surface area contributed by atoms with E-state index in [1.165, 1.54) is 0 Å². The van der Waals surface area contributed by atoms with Crippen molar-refractivity contribution < 1.29 is 47.4 Å². The number of amides is 3. The van der Waals surface area contributed by atoms with Crippen LogP contribution in [-0.2, 0) is 25.7 Å². The first kappa shape index (κ1) is 33.2. The van der Waals surface area contributed by atoms with Crippen LogP contribution < -0.4 is 26.8 Å². The van der Waals surface area contributed by atoms with Crippen molar-refractivity contribution in [2.45, 2.75) is 37.6 Å². The number of aromatic nitrogens is 4. The number of alkyl halides is 3. The van der Waals surface area contributed by atoms with Crippen LogP contribution in [-0.4, -0.2) is 83.8 Å². The molecule has 0 aliphatic rings. The summed E-state index contributed by atoms with van der Waals surface area (Å²) in [6, 6.07) is 1.15. The van der Waals surface area contributed by atoms with E-state index in [1.807, 2.05) is 0 Å². The van der Waals surface area contributed by atoms with Gasteiger partial charge >= 0.3 is 24.0 Å². The van der Waals surface area contributed by atoms with E-state index in [2.05, 4.69) is 43.2 Å². The fraction of sp³-hybridized carbons (Fsp3) is 0.292. The number of halogens is 3. The number of H-pyrrole nitrogens is 1. The average molecular weight is 641 g/mol. The maximum atomic E-state index is 13.4. The number of nitrogens with two attached hydrogens (primary N) is 1. The van der Waals surface area contributed by atoms with Crippen molar-refractivity contribution >= 4 is 65.1 Å². The van der Waals surface area contributed by atoms with E-state index in [-0.39, 0.29) is 44.7 Å². The van der Waals surface area contributed by atoms with E-state index in [0.29, 0.717) is 0 Å². The third kappa shape index (κ3) is 8.40. The summed E-state index contributed by atoms with van der Waals surface area (Å²) >= 11 is 3.80. The van der Waals surface area contributed by atoms with Gasteiger partial charge in [0.1, 0.15) is 12.1 Å². The number of hydrogen-bond acceptors (Lipinski definition) is 11. The summed E-state index contributed by atoms with van der Waals surface area (Å²) in [5.74, 6) is -7.41. The van der Waals surface area contributed by atoms with Crippen molar-refractivity contribution in [2.24, 2.45) is 0 Å². The van der Waals surface area contributed by atoms with Gasteiger partial charge in [0.2, 0.25) is 11.9 Å². The number of nitrogens with one attached hydrogen (secondary N) is 3. The third-order valence-corrected chi connectivity index (χ3v) is 6.18. The first-order chi connectivity index (χ1) is 20.6. The lowest BCUT2D eigenvalue weighted by molar-refractivity contribution is -0.170. The smallest absolute Gasteiger partial charge is 0.471 e. The highest BCUT2D eigenvalue weighted by Crippen LogP contribution is 2.26. The van der Waals surface area contributed by atoms with Crippen LogP contribution in [0.1, 0.15) is 28.9 Å². The molecule has 0 fully saturated rings. The van der Waals surface area contributed by atoms with Crippen molar-refractivity contribution in [1.82, 2.24) is 30.6 Å². The number of rotatable bonds is 12. The van der Waals surface area contributed by atoms with Gasteiger partial charge in [-0.2, -0.15) is 30.8 Å². The molecule has 0 radical (unpaired) electrons. The second kappa shape index (κ2) is 13.8. The normalized spacial score (nSPS) is 12.6. The second-order valence-electron chi connectivity index (χ2n) is 8.96. The van der Waals surface area contributed by atoms with Gasteiger partial charge in [0.05, 0.1) is 18.4 Å². The highest BCUT2D eigenvalue weighted by molar-refractivity contribution is 7.80. The Morgan fingerprint density at radius 3 is 2.23 bits per heavy atom. The number of thiol groups is 1. The molecule has 1 aromatic carbocycles. The number of nitrogens with zero attached hydrogens (tertiary/aromatic N) is 4. The van der Waals surface area contributed by atoms with E-state index in [4.69, 9.17) is 10.8 Å². The van der Waals surface area contributed by atoms with Gasteiger partial charge in [-0.1, -0.05) is 0 Å². The molecule has 20 heteroatoms. The van der Waals surface area contributed by atoms with Crippen molar-refractivity contribution in [3.63, 3.8) is 0 Å². The van der Waals surface area contributed by atoms with Crippen LogP contribution in [0.4, 0.5) is 24.8 Å². The number of carboxylic acids is 2. The third-order valence-electron chi connectivity index (χ3n) is 5.81. The number of carboxylic acid groups (broad SMARTS) is 2. The standard InChI is InChI=1S/C24H23F3N8O8S/c25-24(26,27)22(43)35(8-11-7-29-17-16(30-11)19(38)34-23(28)33-17)12-3-1-10(2-4-12)18(37)32-13(20(39)40)5-6-15(36)31-14(9-44)21(41)42/h1-4,7,13-14,44H,5-6,8-9H2,(H,31,36)(H,32,37)(H,39,40)(H,41,42)(H3,28,29,33,34,38). The molecule has 2 aromatic heterocycles. The van der Waals surface area contributed by atoms with Gasteiger partial charge in [-0.3, -0.25) is 29.1 Å². The van der Waals surface area contributed by atoms with Crippen molar-refractivity contribution in [2.75, 3.05) is 16.4 Å². The Morgan fingerprint density at radius 2 is 1.66 bits per heavy atom. The molecule has 7 N–H and O–H groups in total. The highest BCUT2D eigenvalue weighted by atomic mass is 32.1. The molecule has 2 heterocycles. The molecule has 44 heavy (non-hydrogen) atoms. The van der Waals surface area contributed by atoms with Crippen LogP contribution in [0, 0.1) is 0 Å². The molecule has 0 aliphatic carbocycles. The minimum absolute atomic E-state index is 0.179. The van der Waals surface area contributed by atoms with Gasteiger partial charge in [0.25, 0.3) is 11.5 Å². The summed E-state index contributed by atoms with van der Waals surface area (Å²) < 4.78 is 40.3. The molecule has 234 valence electrons. The Morgan fingerprint density at radius 1 is 1.02 bits per heavy atom. The van der Waals surface area contributed by atoms with Crippen molar-refractivity contribution in [3.05, 3.63) is 52.1 Å². The zero-order valence-corrected chi connectivity index (χ0v) is 23.1. The maximum Gasteiger partial charge on any atom is 0.471 e. The summed E-state index contributed by atoms with van der Waals surface area (Å²) in [6.45, 7) is -0.796. The SMILES string of the molecule is Nc1nc2ncc(CN(C(=O)C(F)(F)F)c3ccc(C(=O)NC(CCC(=O)NC(CS)C(=O)O)C(=O)O)cc3)nc2c(=O)[nH]1. The molecule has 3 amide bonds. The summed E-state index contributed by atoms with van der Waals surface area (Å²) in [6.07, 6.45) is -5.21. The van der Waals surface area contributed by atoms with Gasteiger partial charge in [0, 0.05) is 23.4 Å². The fourth-order valence-electron chi connectivity index (χ4n) is 3.66. The Bertz CT molecular complexity index is 1650. The molecule has 0 saturated carbocycles. The van der Waals surface area contributed by atoms with E-state index in [9.17, 15) is 47.0 Å². The minimum Gasteiger partial charge on any atom is -0.480 e. The van der Waals surface area contributed by atoms with Crippen LogP contribution >= 0.6 is 12.6 Å². The number of carbonyl (C=O) groups excluding carboxylic acids is 3. The van der Waals surface area contributed by atoms with Gasteiger partial charge < -0.3 is 26.6 Å². The first-order valence-corrected chi connectivity index (χ1v) is 12.9. The van der Waals surface area contributed by atoms with Crippen LogP contribution in [0.15, 0.2) is 35.3 Å². The number of aliphatic carboxylic acids is 2. The Hall–Kier alpha value is -5.27. The summed E-state index contributed by atoms with van der Waals surface area (Å²) in [4.78, 5) is 85.7. The number of anilines is 2. The number of benzene rings is 1. The van der Waals surface area contributed by atoms with E-state index in [1.54, 1.807) is 0 Å². The van der Waals surface area contributed by atoms with Crippen LogP contribution in [0.5, 0.6) is 0 Å². The Balaban J connectivity index is 1.78. The number of fused-ring (bicyclic) bond motifs is 1. The highest BCUT2D eigenvalue weighted by Gasteiger charge is 2.43. The topological polar surface area (TPSA) is 251 Å². The molecule has 0 aliphatic heterocycles. The van der Waals surface area contributed by atoms with Crippen LogP contribution in [0.25, 0.3) is 11.2 Å². The molecule has 0 saturated heterocycles.